The Morgan fingerprint density at radius 1 is 1.50 bits per heavy atom. The highest BCUT2D eigenvalue weighted by Crippen LogP contribution is 2.16. The number of piperidine rings is 1. The highest BCUT2D eigenvalue weighted by atomic mass is 16.5. The van der Waals surface area contributed by atoms with Crippen LogP contribution in [0.3, 0.4) is 0 Å². The van der Waals surface area contributed by atoms with Gasteiger partial charge in [0.05, 0.1) is 6.10 Å². The number of nitrogens with one attached hydrogen (secondary N) is 1. The Labute approximate surface area is 98.8 Å². The van der Waals surface area contributed by atoms with Crippen molar-refractivity contribution in [1.29, 1.82) is 0 Å². The molecule has 2 aliphatic heterocycles. The highest BCUT2D eigenvalue weighted by molar-refractivity contribution is 5.22. The molecule has 2 rings (SSSR count). The van der Waals surface area contributed by atoms with Crippen molar-refractivity contribution < 1.29 is 4.74 Å². The number of likely N-dealkylation sites (tertiary alicyclic amines) is 1. The summed E-state index contributed by atoms with van der Waals surface area (Å²) in [7, 11) is 0. The van der Waals surface area contributed by atoms with Crippen LogP contribution in [0.2, 0.25) is 0 Å². The molecule has 0 aromatic rings. The molecule has 16 heavy (non-hydrogen) atoms. The predicted octanol–water partition coefficient (Wildman–Crippen LogP) is 1.41. The van der Waals surface area contributed by atoms with Crippen molar-refractivity contribution in [1.82, 2.24) is 10.2 Å². The summed E-state index contributed by atoms with van der Waals surface area (Å²) in [5, 5.41) is 3.31. The molecule has 92 valence electrons. The quantitative estimate of drug-likeness (QED) is 0.731. The standard InChI is InChI=1S/C13H24N2O/c1-3-16-13-5-4-6-15(10-13)9-11(2)12-7-14-8-12/h13-14H,3-10H2,1-2H3. The van der Waals surface area contributed by atoms with Gasteiger partial charge >= 0.3 is 0 Å². The van der Waals surface area contributed by atoms with Gasteiger partial charge in [-0.2, -0.15) is 0 Å². The first-order valence-electron chi connectivity index (χ1n) is 6.51. The molecule has 1 N–H and O–H groups in total. The summed E-state index contributed by atoms with van der Waals surface area (Å²) in [6, 6.07) is 0. The third-order valence-electron chi connectivity index (χ3n) is 3.61. The lowest BCUT2D eigenvalue weighted by Gasteiger charge is -2.34. The fourth-order valence-corrected chi connectivity index (χ4v) is 2.53. The molecule has 0 bridgehead atoms. The third kappa shape index (κ3) is 3.06. The molecule has 3 nitrogen and oxygen atoms in total. The molecule has 2 saturated heterocycles. The molecule has 2 fully saturated rings. The Morgan fingerprint density at radius 2 is 2.31 bits per heavy atom. The van der Waals surface area contributed by atoms with Gasteiger partial charge in [-0.25, -0.2) is 0 Å². The first-order chi connectivity index (χ1) is 7.79. The lowest BCUT2D eigenvalue weighted by atomic mass is 10.0. The zero-order valence-corrected chi connectivity index (χ0v) is 10.6. The van der Waals surface area contributed by atoms with E-state index in [1.807, 2.05) is 0 Å². The predicted molar refractivity (Wildman–Crippen MR) is 66.7 cm³/mol. The van der Waals surface area contributed by atoms with Crippen LogP contribution in [0.25, 0.3) is 0 Å². The molecular formula is C13H24N2O. The van der Waals surface area contributed by atoms with Crippen LogP contribution in [0.15, 0.2) is 11.1 Å². The summed E-state index contributed by atoms with van der Waals surface area (Å²) in [6.45, 7) is 10.9. The van der Waals surface area contributed by atoms with Crippen molar-refractivity contribution in [2.75, 3.05) is 39.3 Å². The number of nitrogens with zero attached hydrogens (tertiary/aromatic N) is 1. The van der Waals surface area contributed by atoms with Gasteiger partial charge in [-0.1, -0.05) is 5.57 Å². The number of hydrogen-bond donors (Lipinski definition) is 1. The average Bonchev–Trinajstić information content (AvgIpc) is 2.15. The van der Waals surface area contributed by atoms with Crippen LogP contribution >= 0.6 is 0 Å². The molecule has 0 aliphatic carbocycles. The van der Waals surface area contributed by atoms with Crippen LogP contribution in [0.1, 0.15) is 26.7 Å². The lowest BCUT2D eigenvalue weighted by Crippen LogP contribution is -2.42. The van der Waals surface area contributed by atoms with Gasteiger partial charge < -0.3 is 10.1 Å². The second-order valence-electron chi connectivity index (χ2n) is 4.94. The van der Waals surface area contributed by atoms with Gasteiger partial charge in [-0.05, 0) is 38.8 Å². The molecule has 2 aliphatic rings. The third-order valence-corrected chi connectivity index (χ3v) is 3.61. The SMILES string of the molecule is CCOC1CCCN(CC(C)=C2CNC2)C1. The zero-order valence-electron chi connectivity index (χ0n) is 10.6. The molecule has 0 aromatic carbocycles. The van der Waals surface area contributed by atoms with E-state index in [1.54, 1.807) is 11.1 Å². The van der Waals surface area contributed by atoms with Gasteiger partial charge in [0.1, 0.15) is 0 Å². The maximum Gasteiger partial charge on any atom is 0.0702 e. The number of ether oxygens (including phenoxy) is 1. The maximum atomic E-state index is 5.73. The van der Waals surface area contributed by atoms with E-state index < -0.39 is 0 Å². The minimum atomic E-state index is 0.469. The van der Waals surface area contributed by atoms with Crippen LogP contribution in [0.5, 0.6) is 0 Å². The molecular weight excluding hydrogens is 200 g/mol. The van der Waals surface area contributed by atoms with E-state index >= 15 is 0 Å². The molecule has 2 heterocycles. The Bertz CT molecular complexity index is 255. The summed E-state index contributed by atoms with van der Waals surface area (Å²) in [5.41, 5.74) is 3.18. The summed E-state index contributed by atoms with van der Waals surface area (Å²) < 4.78 is 5.73. The first-order valence-corrected chi connectivity index (χ1v) is 6.51. The van der Waals surface area contributed by atoms with Crippen molar-refractivity contribution in [3.05, 3.63) is 11.1 Å². The van der Waals surface area contributed by atoms with Gasteiger partial charge in [0.25, 0.3) is 0 Å². The maximum absolute atomic E-state index is 5.73. The molecule has 0 saturated carbocycles. The number of rotatable bonds is 4. The van der Waals surface area contributed by atoms with Gasteiger partial charge in [-0.15, -0.1) is 0 Å². The van der Waals surface area contributed by atoms with Crippen LogP contribution in [-0.2, 0) is 4.74 Å². The Balaban J connectivity index is 1.80. The van der Waals surface area contributed by atoms with Gasteiger partial charge in [0.2, 0.25) is 0 Å². The molecule has 0 spiro atoms. The minimum Gasteiger partial charge on any atom is -0.377 e. The zero-order chi connectivity index (χ0) is 11.4. The average molecular weight is 224 g/mol. The molecule has 0 radical (unpaired) electrons. The second kappa shape index (κ2) is 5.80. The first kappa shape index (κ1) is 12.1. The summed E-state index contributed by atoms with van der Waals surface area (Å²) in [6.07, 6.45) is 2.99. The summed E-state index contributed by atoms with van der Waals surface area (Å²) in [5.74, 6) is 0. The van der Waals surface area contributed by atoms with Crippen molar-refractivity contribution in [3.8, 4) is 0 Å². The number of hydrogen-bond acceptors (Lipinski definition) is 3. The van der Waals surface area contributed by atoms with Crippen LogP contribution < -0.4 is 5.32 Å². The van der Waals surface area contributed by atoms with Gasteiger partial charge in [0.15, 0.2) is 0 Å². The fourth-order valence-electron chi connectivity index (χ4n) is 2.53. The van der Waals surface area contributed by atoms with Crippen molar-refractivity contribution in [2.24, 2.45) is 0 Å². The summed E-state index contributed by atoms with van der Waals surface area (Å²) >= 11 is 0. The van der Waals surface area contributed by atoms with Gasteiger partial charge in [-0.3, -0.25) is 4.90 Å². The molecule has 3 heteroatoms. The monoisotopic (exact) mass is 224 g/mol. The highest BCUT2D eigenvalue weighted by Gasteiger charge is 2.21. The van der Waals surface area contributed by atoms with E-state index in [0.29, 0.717) is 6.10 Å². The van der Waals surface area contributed by atoms with E-state index in [0.717, 1.165) is 32.8 Å². The van der Waals surface area contributed by atoms with Crippen molar-refractivity contribution >= 4 is 0 Å². The van der Waals surface area contributed by atoms with Crippen LogP contribution in [0.4, 0.5) is 0 Å². The van der Waals surface area contributed by atoms with Crippen LogP contribution in [-0.4, -0.2) is 50.3 Å². The minimum absolute atomic E-state index is 0.469. The summed E-state index contributed by atoms with van der Waals surface area (Å²) in [4.78, 5) is 2.55. The van der Waals surface area contributed by atoms with Crippen molar-refractivity contribution in [3.63, 3.8) is 0 Å². The largest absolute Gasteiger partial charge is 0.377 e. The topological polar surface area (TPSA) is 24.5 Å². The smallest absolute Gasteiger partial charge is 0.0702 e. The van der Waals surface area contributed by atoms with Crippen molar-refractivity contribution in [2.45, 2.75) is 32.8 Å². The van der Waals surface area contributed by atoms with Crippen LogP contribution in [0, 0.1) is 0 Å². The Hall–Kier alpha value is -0.380. The lowest BCUT2D eigenvalue weighted by molar-refractivity contribution is 0.00850. The van der Waals surface area contributed by atoms with E-state index in [4.69, 9.17) is 4.74 Å². The molecule has 1 atom stereocenters. The van der Waals surface area contributed by atoms with E-state index in [9.17, 15) is 0 Å². The van der Waals surface area contributed by atoms with E-state index in [-0.39, 0.29) is 0 Å². The Kier molecular flexibility index (Phi) is 4.38. The molecule has 1 unspecified atom stereocenters. The fraction of sp³-hybridized carbons (Fsp3) is 0.846. The normalized spacial score (nSPS) is 26.6. The van der Waals surface area contributed by atoms with E-state index in [2.05, 4.69) is 24.1 Å². The molecule has 0 aromatic heterocycles. The Morgan fingerprint density at radius 3 is 2.94 bits per heavy atom. The second-order valence-corrected chi connectivity index (χ2v) is 4.94. The molecule has 0 amide bonds. The van der Waals surface area contributed by atoms with E-state index in [1.165, 1.54) is 19.4 Å². The van der Waals surface area contributed by atoms with Gasteiger partial charge in [0, 0.05) is 32.8 Å².